The predicted octanol–water partition coefficient (Wildman–Crippen LogP) is 3.38. The van der Waals surface area contributed by atoms with Crippen LogP contribution in [0.25, 0.3) is 0 Å². The van der Waals surface area contributed by atoms with Gasteiger partial charge < -0.3 is 15.4 Å². The van der Waals surface area contributed by atoms with Gasteiger partial charge in [-0.3, -0.25) is 9.52 Å². The largest absolute Gasteiger partial charge is 0.378 e. The van der Waals surface area contributed by atoms with Crippen LogP contribution in [0.4, 0.5) is 10.2 Å². The van der Waals surface area contributed by atoms with Crippen LogP contribution in [0.1, 0.15) is 45.4 Å². The number of hydrogen-bond donors (Lipinski definition) is 3. The fourth-order valence-electron chi connectivity index (χ4n) is 3.06. The van der Waals surface area contributed by atoms with Gasteiger partial charge in [0, 0.05) is 30.5 Å². The zero-order valence-corrected chi connectivity index (χ0v) is 17.1. The van der Waals surface area contributed by atoms with Gasteiger partial charge in [0.1, 0.15) is 17.7 Å². The van der Waals surface area contributed by atoms with E-state index in [2.05, 4.69) is 33.3 Å². The van der Waals surface area contributed by atoms with Crippen LogP contribution < -0.4 is 15.4 Å². The molecule has 2 unspecified atom stereocenters. The Labute approximate surface area is 170 Å². The maximum atomic E-state index is 13.1. The third kappa shape index (κ3) is 7.07. The van der Waals surface area contributed by atoms with E-state index >= 15 is 0 Å². The molecular weight excluding hydrogens is 379 g/mol. The standard InChI is InChI=1S/C20H29FN4O2S/c1-2-4-15(13-23-28-17-7-8-17)24-18(11-16-5-3-10-27-16)20(26)25-19-9-6-14(21)12-22-19/h4,6,9,12,16-18,23-24H,2-3,5,7-8,10-11,13H2,1H3,(H,22,25,26)/b15-4+. The summed E-state index contributed by atoms with van der Waals surface area (Å²) in [6.45, 7) is 3.50. The SMILES string of the molecule is CC/C=C(\CNSC1CC1)NC(CC1CCCO1)C(=O)Nc1ccc(F)cn1. The number of allylic oxidation sites excluding steroid dienone is 1. The van der Waals surface area contributed by atoms with E-state index < -0.39 is 11.9 Å². The predicted molar refractivity (Wildman–Crippen MR) is 110 cm³/mol. The number of aromatic nitrogens is 1. The molecule has 6 nitrogen and oxygen atoms in total. The van der Waals surface area contributed by atoms with Gasteiger partial charge in [0.25, 0.3) is 0 Å². The molecule has 1 aromatic heterocycles. The Hall–Kier alpha value is -1.64. The third-order valence-electron chi connectivity index (χ3n) is 4.66. The summed E-state index contributed by atoms with van der Waals surface area (Å²) in [6, 6.07) is 2.31. The van der Waals surface area contributed by atoms with Gasteiger partial charge in [-0.25, -0.2) is 9.37 Å². The van der Waals surface area contributed by atoms with Crippen LogP contribution in [0.2, 0.25) is 0 Å². The van der Waals surface area contributed by atoms with Crippen LogP contribution in [-0.4, -0.2) is 41.4 Å². The molecule has 2 fully saturated rings. The minimum absolute atomic E-state index is 0.0705. The Kier molecular flexibility index (Phi) is 8.12. The lowest BCUT2D eigenvalue weighted by Gasteiger charge is -2.24. The average Bonchev–Trinajstić information content (AvgIpc) is 3.36. The molecule has 2 atom stereocenters. The highest BCUT2D eigenvalue weighted by Crippen LogP contribution is 2.31. The molecule has 0 radical (unpaired) electrons. The summed E-state index contributed by atoms with van der Waals surface area (Å²) < 4.78 is 22.2. The van der Waals surface area contributed by atoms with Crippen molar-refractivity contribution in [2.24, 2.45) is 0 Å². The summed E-state index contributed by atoms with van der Waals surface area (Å²) in [7, 11) is 0. The van der Waals surface area contributed by atoms with Gasteiger partial charge in [0.2, 0.25) is 5.91 Å². The van der Waals surface area contributed by atoms with Gasteiger partial charge in [-0.05, 0) is 44.2 Å². The summed E-state index contributed by atoms with van der Waals surface area (Å²) in [6.07, 6.45) is 9.26. The second-order valence-electron chi connectivity index (χ2n) is 7.19. The van der Waals surface area contributed by atoms with Crippen molar-refractivity contribution >= 4 is 23.7 Å². The number of nitrogens with zero attached hydrogens (tertiary/aromatic N) is 1. The van der Waals surface area contributed by atoms with Crippen LogP contribution in [0.15, 0.2) is 30.1 Å². The summed E-state index contributed by atoms with van der Waals surface area (Å²) in [5.41, 5.74) is 1.00. The molecule has 2 aliphatic rings. The first-order chi connectivity index (χ1) is 13.6. The Bertz CT molecular complexity index is 661. The lowest BCUT2D eigenvalue weighted by Crippen LogP contribution is -2.43. The molecule has 1 saturated heterocycles. The molecule has 154 valence electrons. The quantitative estimate of drug-likeness (QED) is 0.488. The molecule has 2 heterocycles. The zero-order valence-electron chi connectivity index (χ0n) is 16.2. The summed E-state index contributed by atoms with van der Waals surface area (Å²) in [5.74, 6) is -0.278. The zero-order chi connectivity index (χ0) is 19.8. The minimum Gasteiger partial charge on any atom is -0.378 e. The van der Waals surface area contributed by atoms with Crippen molar-refractivity contribution in [2.75, 3.05) is 18.5 Å². The van der Waals surface area contributed by atoms with Crippen LogP contribution >= 0.6 is 11.9 Å². The molecule has 3 N–H and O–H groups in total. The van der Waals surface area contributed by atoms with E-state index in [1.165, 1.54) is 25.0 Å². The molecule has 1 saturated carbocycles. The van der Waals surface area contributed by atoms with E-state index in [1.54, 1.807) is 11.9 Å². The first-order valence-electron chi connectivity index (χ1n) is 10.0. The lowest BCUT2D eigenvalue weighted by atomic mass is 10.1. The molecule has 1 aliphatic heterocycles. The first-order valence-corrected chi connectivity index (χ1v) is 10.9. The number of halogens is 1. The maximum absolute atomic E-state index is 13.1. The van der Waals surface area contributed by atoms with Gasteiger partial charge in [0.05, 0.1) is 12.3 Å². The van der Waals surface area contributed by atoms with Gasteiger partial charge in [-0.15, -0.1) is 0 Å². The number of carbonyl (C=O) groups is 1. The topological polar surface area (TPSA) is 75.3 Å². The molecular formula is C20H29FN4O2S. The van der Waals surface area contributed by atoms with E-state index in [-0.39, 0.29) is 12.0 Å². The Morgan fingerprint density at radius 2 is 2.29 bits per heavy atom. The fourth-order valence-corrected chi connectivity index (χ4v) is 3.91. The minimum atomic E-state index is -0.444. The van der Waals surface area contributed by atoms with Crippen molar-refractivity contribution in [3.8, 4) is 0 Å². The summed E-state index contributed by atoms with van der Waals surface area (Å²) in [4.78, 5) is 16.8. The number of hydrogen-bond acceptors (Lipinski definition) is 6. The molecule has 1 aromatic rings. The molecule has 0 bridgehead atoms. The highest BCUT2D eigenvalue weighted by atomic mass is 32.2. The summed E-state index contributed by atoms with van der Waals surface area (Å²) in [5, 5.41) is 6.91. The van der Waals surface area contributed by atoms with Crippen molar-refractivity contribution in [2.45, 2.75) is 62.8 Å². The van der Waals surface area contributed by atoms with E-state index in [0.29, 0.717) is 18.8 Å². The van der Waals surface area contributed by atoms with Gasteiger partial charge in [-0.1, -0.05) is 24.9 Å². The molecule has 28 heavy (non-hydrogen) atoms. The lowest BCUT2D eigenvalue weighted by molar-refractivity contribution is -0.118. The second-order valence-corrected chi connectivity index (χ2v) is 8.39. The number of pyridine rings is 1. The van der Waals surface area contributed by atoms with E-state index in [4.69, 9.17) is 4.74 Å². The highest BCUT2D eigenvalue weighted by molar-refractivity contribution is 7.98. The van der Waals surface area contributed by atoms with Crippen LogP contribution in [0.3, 0.4) is 0 Å². The van der Waals surface area contributed by atoms with Crippen LogP contribution in [0.5, 0.6) is 0 Å². The Balaban J connectivity index is 1.62. The fraction of sp³-hybridized carbons (Fsp3) is 0.600. The first kappa shape index (κ1) is 21.1. The van der Waals surface area contributed by atoms with Crippen molar-refractivity contribution in [3.05, 3.63) is 35.9 Å². The Morgan fingerprint density at radius 3 is 2.93 bits per heavy atom. The normalized spacial score (nSPS) is 20.8. The van der Waals surface area contributed by atoms with E-state index in [9.17, 15) is 9.18 Å². The number of anilines is 1. The molecule has 8 heteroatoms. The van der Waals surface area contributed by atoms with Gasteiger partial charge in [-0.2, -0.15) is 0 Å². The third-order valence-corrected chi connectivity index (χ3v) is 5.78. The van der Waals surface area contributed by atoms with Gasteiger partial charge >= 0.3 is 0 Å². The average molecular weight is 409 g/mol. The molecule has 0 aromatic carbocycles. The monoisotopic (exact) mass is 408 g/mol. The van der Waals surface area contributed by atoms with Crippen molar-refractivity contribution in [3.63, 3.8) is 0 Å². The smallest absolute Gasteiger partial charge is 0.248 e. The van der Waals surface area contributed by atoms with Crippen molar-refractivity contribution in [1.29, 1.82) is 0 Å². The van der Waals surface area contributed by atoms with Crippen molar-refractivity contribution in [1.82, 2.24) is 15.0 Å². The maximum Gasteiger partial charge on any atom is 0.248 e. The van der Waals surface area contributed by atoms with E-state index in [1.807, 2.05) is 0 Å². The number of rotatable bonds is 11. The molecule has 1 aliphatic carbocycles. The van der Waals surface area contributed by atoms with Crippen LogP contribution in [-0.2, 0) is 9.53 Å². The van der Waals surface area contributed by atoms with Gasteiger partial charge in [0.15, 0.2) is 0 Å². The van der Waals surface area contributed by atoms with Crippen molar-refractivity contribution < 1.29 is 13.9 Å². The highest BCUT2D eigenvalue weighted by Gasteiger charge is 2.27. The number of carbonyl (C=O) groups excluding carboxylic acids is 1. The number of ether oxygens (including phenoxy) is 1. The number of nitrogens with one attached hydrogen (secondary N) is 3. The second kappa shape index (κ2) is 10.8. The molecule has 1 amide bonds. The molecule has 0 spiro atoms. The summed E-state index contributed by atoms with van der Waals surface area (Å²) >= 11 is 1.77. The number of amides is 1. The van der Waals surface area contributed by atoms with E-state index in [0.717, 1.165) is 43.0 Å². The molecule has 3 rings (SSSR count). The Morgan fingerprint density at radius 1 is 1.43 bits per heavy atom. The van der Waals surface area contributed by atoms with Crippen LogP contribution in [0, 0.1) is 5.82 Å².